The molecule has 0 atom stereocenters. The molecule has 1 N–H and O–H groups in total. The molecule has 16 heavy (non-hydrogen) atoms. The third-order valence-electron chi connectivity index (χ3n) is 2.48. The minimum atomic E-state index is -0.419. The van der Waals surface area contributed by atoms with Crippen LogP contribution in [0.3, 0.4) is 0 Å². The minimum absolute atomic E-state index is 0.0500. The van der Waals surface area contributed by atoms with Crippen LogP contribution in [-0.2, 0) is 6.42 Å². The molecule has 0 aliphatic carbocycles. The molecule has 0 bridgehead atoms. The predicted octanol–water partition coefficient (Wildman–Crippen LogP) is 1.73. The van der Waals surface area contributed by atoms with Crippen LogP contribution in [0, 0.1) is 0 Å². The number of aromatic amines is 1. The summed E-state index contributed by atoms with van der Waals surface area (Å²) in [5.74, 6) is -0.385. The van der Waals surface area contributed by atoms with Gasteiger partial charge in [0, 0.05) is 17.7 Å². The van der Waals surface area contributed by atoms with Gasteiger partial charge in [0.1, 0.15) is 0 Å². The molecule has 0 saturated heterocycles. The second-order valence-corrected chi connectivity index (χ2v) is 3.59. The maximum atomic E-state index is 11.6. The summed E-state index contributed by atoms with van der Waals surface area (Å²) in [5, 5.41) is 0. The number of carbonyl (C=O) groups is 2. The lowest BCUT2D eigenvalue weighted by molar-refractivity contribution is 0.0987. The van der Waals surface area contributed by atoms with Crippen LogP contribution in [0.25, 0.3) is 0 Å². The summed E-state index contributed by atoms with van der Waals surface area (Å²) in [7, 11) is 0. The highest BCUT2D eigenvalue weighted by molar-refractivity contribution is 6.00. The summed E-state index contributed by atoms with van der Waals surface area (Å²) < 4.78 is 0. The first-order chi connectivity index (χ1) is 7.51. The number of hydrogen-bond acceptors (Lipinski definition) is 3. The third kappa shape index (κ3) is 2.27. The van der Waals surface area contributed by atoms with E-state index < -0.39 is 5.56 Å². The topological polar surface area (TPSA) is 67.0 Å². The second kappa shape index (κ2) is 4.88. The van der Waals surface area contributed by atoms with Crippen LogP contribution in [0.5, 0.6) is 0 Å². The van der Waals surface area contributed by atoms with Gasteiger partial charge in [-0.25, -0.2) is 0 Å². The van der Waals surface area contributed by atoms with Crippen LogP contribution < -0.4 is 5.56 Å². The molecule has 1 heterocycles. The van der Waals surface area contributed by atoms with Gasteiger partial charge in [0.15, 0.2) is 11.6 Å². The lowest BCUT2D eigenvalue weighted by atomic mass is 10.0. The lowest BCUT2D eigenvalue weighted by Crippen LogP contribution is -2.20. The molecule has 1 aromatic heterocycles. The van der Waals surface area contributed by atoms with Crippen LogP contribution in [0.1, 0.15) is 53.6 Å². The van der Waals surface area contributed by atoms with E-state index in [0.717, 1.165) is 0 Å². The highest BCUT2D eigenvalue weighted by atomic mass is 16.1. The fourth-order valence-corrected chi connectivity index (χ4v) is 1.55. The monoisotopic (exact) mass is 221 g/mol. The Kier molecular flexibility index (Phi) is 3.77. The van der Waals surface area contributed by atoms with E-state index in [1.54, 1.807) is 6.92 Å². The van der Waals surface area contributed by atoms with Gasteiger partial charge in [-0.3, -0.25) is 14.4 Å². The standard InChI is InChI=1S/C12H15NO3/c1-4-10-9(11(15)5-2)6-8(7(3)14)12(16)13-10/h6H,4-5H2,1-3H3,(H,13,16). The number of hydrogen-bond donors (Lipinski definition) is 1. The molecule has 0 amide bonds. The molecule has 4 heteroatoms. The van der Waals surface area contributed by atoms with Gasteiger partial charge < -0.3 is 4.98 Å². The Morgan fingerprint density at radius 2 is 1.88 bits per heavy atom. The Morgan fingerprint density at radius 1 is 1.25 bits per heavy atom. The average molecular weight is 221 g/mol. The predicted molar refractivity (Wildman–Crippen MR) is 61.1 cm³/mol. The van der Waals surface area contributed by atoms with E-state index in [1.807, 2.05) is 6.92 Å². The molecule has 86 valence electrons. The maximum Gasteiger partial charge on any atom is 0.259 e. The van der Waals surface area contributed by atoms with Crippen molar-refractivity contribution in [2.45, 2.75) is 33.6 Å². The fraction of sp³-hybridized carbons (Fsp3) is 0.417. The Balaban J connectivity index is 3.46. The third-order valence-corrected chi connectivity index (χ3v) is 2.48. The zero-order valence-corrected chi connectivity index (χ0v) is 9.72. The summed E-state index contributed by atoms with van der Waals surface area (Å²) in [5.41, 5.74) is 0.683. The zero-order valence-electron chi connectivity index (χ0n) is 9.72. The van der Waals surface area contributed by atoms with Crippen LogP contribution >= 0.6 is 0 Å². The van der Waals surface area contributed by atoms with Crippen molar-refractivity contribution in [1.29, 1.82) is 0 Å². The number of aryl methyl sites for hydroxylation is 1. The Morgan fingerprint density at radius 3 is 2.31 bits per heavy atom. The van der Waals surface area contributed by atoms with Gasteiger partial charge in [-0.2, -0.15) is 0 Å². The summed E-state index contributed by atoms with van der Waals surface area (Å²) in [6, 6.07) is 1.41. The van der Waals surface area contributed by atoms with Gasteiger partial charge >= 0.3 is 0 Å². The van der Waals surface area contributed by atoms with Crippen LogP contribution in [0.4, 0.5) is 0 Å². The van der Waals surface area contributed by atoms with Crippen molar-refractivity contribution in [2.24, 2.45) is 0 Å². The van der Waals surface area contributed by atoms with Crippen molar-refractivity contribution in [3.8, 4) is 0 Å². The van der Waals surface area contributed by atoms with Gasteiger partial charge in [0.05, 0.1) is 5.56 Å². The number of Topliss-reactive ketones (excluding diaryl/α,β-unsaturated/α-hetero) is 2. The molecule has 0 aromatic carbocycles. The number of H-pyrrole nitrogens is 1. The first-order valence-corrected chi connectivity index (χ1v) is 5.31. The molecule has 1 aromatic rings. The first kappa shape index (κ1) is 12.4. The van der Waals surface area contributed by atoms with Crippen molar-refractivity contribution >= 4 is 11.6 Å². The number of aromatic nitrogens is 1. The van der Waals surface area contributed by atoms with Crippen molar-refractivity contribution in [3.63, 3.8) is 0 Å². The summed E-state index contributed by atoms with van der Waals surface area (Å²) >= 11 is 0. The van der Waals surface area contributed by atoms with Crippen molar-refractivity contribution in [2.75, 3.05) is 0 Å². The molecule has 0 unspecified atom stereocenters. The normalized spacial score (nSPS) is 10.2. The van der Waals surface area contributed by atoms with E-state index in [2.05, 4.69) is 4.98 Å². The van der Waals surface area contributed by atoms with E-state index in [1.165, 1.54) is 13.0 Å². The minimum Gasteiger partial charge on any atom is -0.325 e. The van der Waals surface area contributed by atoms with Gasteiger partial charge in [-0.15, -0.1) is 0 Å². The molecule has 0 fully saturated rings. The zero-order chi connectivity index (χ0) is 12.3. The van der Waals surface area contributed by atoms with Crippen LogP contribution in [0.2, 0.25) is 0 Å². The van der Waals surface area contributed by atoms with Gasteiger partial charge in [0.2, 0.25) is 0 Å². The molecule has 4 nitrogen and oxygen atoms in total. The van der Waals surface area contributed by atoms with Crippen molar-refractivity contribution < 1.29 is 9.59 Å². The Labute approximate surface area is 93.7 Å². The van der Waals surface area contributed by atoms with Crippen LogP contribution in [0.15, 0.2) is 10.9 Å². The van der Waals surface area contributed by atoms with E-state index in [-0.39, 0.29) is 17.1 Å². The van der Waals surface area contributed by atoms with E-state index in [4.69, 9.17) is 0 Å². The van der Waals surface area contributed by atoms with E-state index in [0.29, 0.717) is 24.1 Å². The quantitative estimate of drug-likeness (QED) is 0.787. The highest BCUT2D eigenvalue weighted by Gasteiger charge is 2.14. The molecular formula is C12H15NO3. The summed E-state index contributed by atoms with van der Waals surface area (Å²) in [6.07, 6.45) is 0.922. The molecule has 0 saturated carbocycles. The molecule has 0 aliphatic heterocycles. The number of pyridine rings is 1. The SMILES string of the molecule is CCC(=O)c1cc(C(C)=O)c(=O)[nH]c1CC. The number of nitrogens with one attached hydrogen (secondary N) is 1. The molecule has 0 aliphatic rings. The van der Waals surface area contributed by atoms with E-state index in [9.17, 15) is 14.4 Å². The highest BCUT2D eigenvalue weighted by Crippen LogP contribution is 2.10. The largest absolute Gasteiger partial charge is 0.325 e. The van der Waals surface area contributed by atoms with Crippen LogP contribution in [-0.4, -0.2) is 16.6 Å². The van der Waals surface area contributed by atoms with Gasteiger partial charge in [-0.05, 0) is 19.4 Å². The summed E-state index contributed by atoms with van der Waals surface area (Å²) in [4.78, 5) is 37.0. The van der Waals surface area contributed by atoms with Crippen molar-refractivity contribution in [1.82, 2.24) is 4.98 Å². The molecular weight excluding hydrogens is 206 g/mol. The smallest absolute Gasteiger partial charge is 0.259 e. The number of carbonyl (C=O) groups excluding carboxylic acids is 2. The molecule has 1 rings (SSSR count). The average Bonchev–Trinajstić information content (AvgIpc) is 2.27. The number of ketones is 2. The van der Waals surface area contributed by atoms with Crippen molar-refractivity contribution in [3.05, 3.63) is 33.2 Å². The fourth-order valence-electron chi connectivity index (χ4n) is 1.55. The van der Waals surface area contributed by atoms with E-state index >= 15 is 0 Å². The van der Waals surface area contributed by atoms with Gasteiger partial charge in [0.25, 0.3) is 5.56 Å². The second-order valence-electron chi connectivity index (χ2n) is 3.59. The lowest BCUT2D eigenvalue weighted by Gasteiger charge is -2.06. The van der Waals surface area contributed by atoms with Gasteiger partial charge in [-0.1, -0.05) is 13.8 Å². The molecule has 0 spiro atoms. The Hall–Kier alpha value is -1.71. The Bertz CT molecular complexity index is 486. The summed E-state index contributed by atoms with van der Waals surface area (Å²) in [6.45, 7) is 4.92. The number of rotatable bonds is 4. The first-order valence-electron chi connectivity index (χ1n) is 5.31. The molecule has 0 radical (unpaired) electrons. The maximum absolute atomic E-state index is 11.6.